The summed E-state index contributed by atoms with van der Waals surface area (Å²) in [6.45, 7) is 8.13. The normalized spacial score (nSPS) is 12.6. The molecule has 0 spiro atoms. The second-order valence-corrected chi connectivity index (χ2v) is 15.9. The molecule has 0 aliphatic heterocycles. The summed E-state index contributed by atoms with van der Waals surface area (Å²) in [6, 6.07) is 6.78. The maximum absolute atomic E-state index is 12.8. The van der Waals surface area contributed by atoms with Crippen molar-refractivity contribution in [2.24, 2.45) is 0 Å². The number of ether oxygens (including phenoxy) is 2. The fourth-order valence-corrected chi connectivity index (χ4v) is 7.18. The molecule has 1 aromatic rings. The fraction of sp³-hybridized carbons (Fsp3) is 0.857. The van der Waals surface area contributed by atoms with Gasteiger partial charge in [-0.15, -0.1) is 0 Å². The molecule has 5 nitrogen and oxygen atoms in total. The van der Waals surface area contributed by atoms with Crippen LogP contribution in [0.4, 0.5) is 0 Å². The van der Waals surface area contributed by atoms with Crippen LogP contribution in [0.15, 0.2) is 29.2 Å². The Kier molecular flexibility index (Phi) is 31.2. The third-order valence-electron chi connectivity index (χ3n) is 9.52. The van der Waals surface area contributed by atoms with Gasteiger partial charge in [-0.25, -0.2) is 0 Å². The number of hydrogen-bond acceptors (Lipinski definition) is 5. The van der Waals surface area contributed by atoms with Crippen LogP contribution in [0.5, 0.6) is 0 Å². The molecule has 1 aromatic carbocycles. The maximum atomic E-state index is 12.8. The largest absolute Gasteiger partial charge is 0.379 e. The molecule has 1 atom stereocenters. The molecule has 0 aliphatic carbocycles. The lowest BCUT2D eigenvalue weighted by molar-refractivity contribution is -0.0379. The number of unbranched alkanes of at least 4 members (excludes halogenated alkanes) is 26. The molecule has 282 valence electrons. The van der Waals surface area contributed by atoms with E-state index in [1.807, 2.05) is 6.92 Å². The maximum Gasteiger partial charge on any atom is 0.297 e. The van der Waals surface area contributed by atoms with Crippen LogP contribution in [0.25, 0.3) is 0 Å². The Morgan fingerprint density at radius 2 is 0.833 bits per heavy atom. The van der Waals surface area contributed by atoms with Crippen molar-refractivity contribution in [3.8, 4) is 0 Å². The van der Waals surface area contributed by atoms with Crippen molar-refractivity contribution in [2.45, 2.75) is 212 Å². The van der Waals surface area contributed by atoms with Gasteiger partial charge in [0.2, 0.25) is 0 Å². The van der Waals surface area contributed by atoms with Gasteiger partial charge in [-0.3, -0.25) is 4.18 Å². The van der Waals surface area contributed by atoms with E-state index in [1.165, 1.54) is 161 Å². The number of hydrogen-bond donors (Lipinski definition) is 0. The minimum atomic E-state index is -3.83. The molecule has 0 bridgehead atoms. The summed E-state index contributed by atoms with van der Waals surface area (Å²) in [5.41, 5.74) is 1.01. The predicted octanol–water partition coefficient (Wildman–Crippen LogP) is 13.1. The Bertz CT molecular complexity index is 901. The molecule has 0 unspecified atom stereocenters. The first-order valence-electron chi connectivity index (χ1n) is 20.6. The lowest BCUT2D eigenvalue weighted by Crippen LogP contribution is -2.28. The molecular formula is C42H78O5S. The highest BCUT2D eigenvalue weighted by Crippen LogP contribution is 2.17. The first kappa shape index (κ1) is 45.1. The zero-order chi connectivity index (χ0) is 34.8. The average molecular weight is 695 g/mol. The fourth-order valence-electron chi connectivity index (χ4n) is 6.24. The van der Waals surface area contributed by atoms with E-state index < -0.39 is 10.1 Å². The Labute approximate surface area is 299 Å². The van der Waals surface area contributed by atoms with E-state index in [0.29, 0.717) is 19.8 Å². The van der Waals surface area contributed by atoms with Gasteiger partial charge >= 0.3 is 0 Å². The van der Waals surface area contributed by atoms with Crippen LogP contribution in [0.2, 0.25) is 0 Å². The van der Waals surface area contributed by atoms with Crippen molar-refractivity contribution >= 4 is 10.1 Å². The standard InChI is InChI=1S/C42H78O5S/c1-4-6-8-10-12-14-16-18-20-22-24-26-28-30-36-45-38-41(39-47-48(43,44)42-34-32-40(3)33-35-42)46-37-31-29-27-25-23-21-19-17-15-13-11-9-7-5-2/h32-35,41H,4-31,36-39H2,1-3H3/t41-/m0/s1. The van der Waals surface area contributed by atoms with Crippen molar-refractivity contribution in [3.63, 3.8) is 0 Å². The third kappa shape index (κ3) is 27.8. The monoisotopic (exact) mass is 695 g/mol. The van der Waals surface area contributed by atoms with Crippen LogP contribution in [-0.4, -0.2) is 40.9 Å². The van der Waals surface area contributed by atoms with Crippen LogP contribution in [0.1, 0.15) is 199 Å². The van der Waals surface area contributed by atoms with Gasteiger partial charge in [0.05, 0.1) is 18.1 Å². The van der Waals surface area contributed by atoms with Crippen LogP contribution in [-0.2, 0) is 23.8 Å². The van der Waals surface area contributed by atoms with E-state index >= 15 is 0 Å². The molecule has 0 saturated heterocycles. The van der Waals surface area contributed by atoms with Crippen LogP contribution >= 0.6 is 0 Å². The first-order valence-corrected chi connectivity index (χ1v) is 22.1. The van der Waals surface area contributed by atoms with Crippen molar-refractivity contribution in [2.75, 3.05) is 26.4 Å². The molecule has 0 aliphatic rings. The summed E-state index contributed by atoms with van der Waals surface area (Å²) in [5, 5.41) is 0. The third-order valence-corrected chi connectivity index (χ3v) is 10.8. The minimum Gasteiger partial charge on any atom is -0.379 e. The van der Waals surface area contributed by atoms with E-state index in [2.05, 4.69) is 13.8 Å². The Morgan fingerprint density at radius 1 is 0.479 bits per heavy atom. The SMILES string of the molecule is CCCCCCCCCCCCCCCCOC[C@@H](COS(=O)(=O)c1ccc(C)cc1)OCCCCCCCCCCCCCCCC. The summed E-state index contributed by atoms with van der Waals surface area (Å²) < 4.78 is 43.0. The van der Waals surface area contributed by atoms with E-state index in [1.54, 1.807) is 24.3 Å². The number of aryl methyl sites for hydroxylation is 1. The van der Waals surface area contributed by atoms with Crippen LogP contribution < -0.4 is 0 Å². The van der Waals surface area contributed by atoms with Gasteiger partial charge in [0.25, 0.3) is 10.1 Å². The molecule has 0 heterocycles. The second-order valence-electron chi connectivity index (χ2n) is 14.3. The van der Waals surface area contributed by atoms with Crippen LogP contribution in [0.3, 0.4) is 0 Å². The molecular weight excluding hydrogens is 617 g/mol. The van der Waals surface area contributed by atoms with Gasteiger partial charge in [0, 0.05) is 13.2 Å². The zero-order valence-corrected chi connectivity index (χ0v) is 32.8. The predicted molar refractivity (Wildman–Crippen MR) is 205 cm³/mol. The number of benzene rings is 1. The zero-order valence-electron chi connectivity index (χ0n) is 32.0. The van der Waals surface area contributed by atoms with Crippen molar-refractivity contribution < 1.29 is 22.1 Å². The number of rotatable bonds is 37. The summed E-state index contributed by atoms with van der Waals surface area (Å²) in [6.07, 6.45) is 36.8. The highest BCUT2D eigenvalue weighted by atomic mass is 32.2. The molecule has 0 radical (unpaired) electrons. The average Bonchev–Trinajstić information content (AvgIpc) is 3.08. The van der Waals surface area contributed by atoms with E-state index in [-0.39, 0.29) is 17.6 Å². The Morgan fingerprint density at radius 3 is 1.23 bits per heavy atom. The van der Waals surface area contributed by atoms with Crippen molar-refractivity contribution in [3.05, 3.63) is 29.8 Å². The summed E-state index contributed by atoms with van der Waals surface area (Å²) >= 11 is 0. The van der Waals surface area contributed by atoms with Gasteiger partial charge in [-0.05, 0) is 31.9 Å². The van der Waals surface area contributed by atoms with E-state index in [4.69, 9.17) is 13.7 Å². The molecule has 0 amide bonds. The minimum absolute atomic E-state index is 0.0203. The van der Waals surface area contributed by atoms with Gasteiger partial charge in [0.1, 0.15) is 6.10 Å². The summed E-state index contributed by atoms with van der Waals surface area (Å²) in [4.78, 5) is 0.183. The smallest absolute Gasteiger partial charge is 0.297 e. The topological polar surface area (TPSA) is 61.8 Å². The van der Waals surface area contributed by atoms with Gasteiger partial charge in [0.15, 0.2) is 0 Å². The quantitative estimate of drug-likeness (QED) is 0.0512. The lowest BCUT2D eigenvalue weighted by Gasteiger charge is -2.18. The molecule has 6 heteroatoms. The lowest BCUT2D eigenvalue weighted by atomic mass is 10.0. The second kappa shape index (κ2) is 33.2. The molecule has 0 saturated carbocycles. The molecule has 0 N–H and O–H groups in total. The molecule has 1 rings (SSSR count). The Balaban J connectivity index is 2.19. The van der Waals surface area contributed by atoms with Gasteiger partial charge in [-0.1, -0.05) is 198 Å². The van der Waals surface area contributed by atoms with E-state index in [0.717, 1.165) is 24.8 Å². The van der Waals surface area contributed by atoms with Crippen LogP contribution in [0, 0.1) is 6.92 Å². The van der Waals surface area contributed by atoms with Gasteiger partial charge < -0.3 is 9.47 Å². The van der Waals surface area contributed by atoms with Gasteiger partial charge in [-0.2, -0.15) is 8.42 Å². The molecule has 0 aromatic heterocycles. The van der Waals surface area contributed by atoms with E-state index in [9.17, 15) is 8.42 Å². The highest BCUT2D eigenvalue weighted by Gasteiger charge is 2.19. The summed E-state index contributed by atoms with van der Waals surface area (Å²) in [7, 11) is -3.83. The highest BCUT2D eigenvalue weighted by molar-refractivity contribution is 7.86. The van der Waals surface area contributed by atoms with Crippen molar-refractivity contribution in [1.29, 1.82) is 0 Å². The van der Waals surface area contributed by atoms with Crippen molar-refractivity contribution in [1.82, 2.24) is 0 Å². The molecule has 0 fully saturated rings. The molecule has 48 heavy (non-hydrogen) atoms. The first-order chi connectivity index (χ1) is 23.5. The summed E-state index contributed by atoms with van der Waals surface area (Å²) in [5.74, 6) is 0. The Hall–Kier alpha value is -0.950.